The lowest BCUT2D eigenvalue weighted by Crippen LogP contribution is -1.93. The number of hydrogen-bond acceptors (Lipinski definition) is 2. The van der Waals surface area contributed by atoms with E-state index in [1.807, 2.05) is 37.3 Å². The fraction of sp³-hybridized carbons (Fsp3) is 0.273. The molecule has 0 aliphatic heterocycles. The molecule has 1 aromatic carbocycles. The van der Waals surface area contributed by atoms with E-state index in [1.54, 1.807) is 0 Å². The Balaban J connectivity index is 2.96. The van der Waals surface area contributed by atoms with E-state index in [4.69, 9.17) is 4.74 Å². The number of ether oxygens (including phenoxy) is 1. The quantitative estimate of drug-likeness (QED) is 0.821. The molecule has 0 N–H and O–H groups in total. The van der Waals surface area contributed by atoms with Crippen molar-refractivity contribution in [1.29, 1.82) is 0 Å². The molecule has 1 aromatic rings. The van der Waals surface area contributed by atoms with E-state index in [9.17, 15) is 0 Å². The van der Waals surface area contributed by atoms with Crippen LogP contribution in [0.5, 0.6) is 5.75 Å². The van der Waals surface area contributed by atoms with Crippen molar-refractivity contribution in [1.82, 2.24) is 0 Å². The van der Waals surface area contributed by atoms with E-state index in [2.05, 4.69) is 28.6 Å². The van der Waals surface area contributed by atoms with Gasteiger partial charge in [-0.25, -0.2) is 0 Å². The van der Waals surface area contributed by atoms with Gasteiger partial charge in [-0.05, 0) is 25.1 Å². The van der Waals surface area contributed by atoms with Crippen molar-refractivity contribution in [2.24, 2.45) is 0 Å². The maximum atomic E-state index is 5.49. The largest absolute Gasteiger partial charge is 0.493 e. The third kappa shape index (κ3) is 3.39. The van der Waals surface area contributed by atoms with Gasteiger partial charge in [0.1, 0.15) is 5.75 Å². The number of hydrogen-bond donors (Lipinski definition) is 1. The van der Waals surface area contributed by atoms with Gasteiger partial charge in [-0.2, -0.15) is 12.6 Å². The lowest BCUT2D eigenvalue weighted by Gasteiger charge is -2.07. The highest BCUT2D eigenvalue weighted by atomic mass is 79.9. The Bertz CT molecular complexity index is 323. The highest BCUT2D eigenvalue weighted by Gasteiger charge is 2.00. The maximum absolute atomic E-state index is 5.49. The second-order valence-corrected chi connectivity index (χ2v) is 3.98. The van der Waals surface area contributed by atoms with Crippen LogP contribution in [0.4, 0.5) is 0 Å². The van der Waals surface area contributed by atoms with Crippen molar-refractivity contribution in [3.8, 4) is 5.75 Å². The Morgan fingerprint density at radius 1 is 1.50 bits per heavy atom. The predicted octanol–water partition coefficient (Wildman–Crippen LogP) is 3.79. The molecule has 0 bridgehead atoms. The minimum atomic E-state index is 0.684. The molecule has 0 amide bonds. The Kier molecular flexibility index (Phi) is 5.12. The molecule has 0 saturated carbocycles. The first-order valence-corrected chi connectivity index (χ1v) is 5.90. The Hall–Kier alpha value is -0.410. The number of benzene rings is 1. The van der Waals surface area contributed by atoms with Crippen LogP contribution in [0.3, 0.4) is 0 Å². The lowest BCUT2D eigenvalue weighted by atomic mass is 10.2. The Morgan fingerprint density at radius 3 is 2.93 bits per heavy atom. The van der Waals surface area contributed by atoms with Crippen molar-refractivity contribution in [3.63, 3.8) is 0 Å². The van der Waals surface area contributed by atoms with Crippen molar-refractivity contribution in [2.45, 2.75) is 6.92 Å². The molecule has 0 fully saturated rings. The van der Waals surface area contributed by atoms with Gasteiger partial charge in [0.05, 0.1) is 6.61 Å². The molecule has 0 saturated heterocycles. The molecular formula is C11H13BrOS. The summed E-state index contributed by atoms with van der Waals surface area (Å²) >= 11 is 7.55. The molecule has 0 spiro atoms. The second kappa shape index (κ2) is 6.14. The Labute approximate surface area is 98.7 Å². The van der Waals surface area contributed by atoms with E-state index < -0.39 is 0 Å². The number of rotatable bonds is 4. The van der Waals surface area contributed by atoms with Crippen LogP contribution in [0, 0.1) is 0 Å². The first kappa shape index (κ1) is 11.7. The third-order valence-corrected chi connectivity index (χ3v) is 2.38. The fourth-order valence-corrected chi connectivity index (χ4v) is 1.60. The summed E-state index contributed by atoms with van der Waals surface area (Å²) in [7, 11) is 0. The lowest BCUT2D eigenvalue weighted by molar-refractivity contribution is 0.339. The van der Waals surface area contributed by atoms with Crippen LogP contribution in [-0.4, -0.2) is 12.4 Å². The monoisotopic (exact) mass is 272 g/mol. The normalized spacial score (nSPS) is 10.8. The van der Waals surface area contributed by atoms with Gasteiger partial charge in [0.2, 0.25) is 0 Å². The highest BCUT2D eigenvalue weighted by molar-refractivity contribution is 9.10. The SMILES string of the molecule is CCOc1ccc(Br)cc1C=CCS. The summed E-state index contributed by atoms with van der Waals surface area (Å²) in [6.45, 7) is 2.66. The molecular weight excluding hydrogens is 260 g/mol. The molecule has 0 radical (unpaired) electrons. The number of halogens is 1. The van der Waals surface area contributed by atoms with Crippen LogP contribution in [0.1, 0.15) is 12.5 Å². The first-order valence-electron chi connectivity index (χ1n) is 4.47. The molecule has 1 rings (SSSR count). The summed E-state index contributed by atoms with van der Waals surface area (Å²) in [5, 5.41) is 0. The van der Waals surface area contributed by atoms with Crippen molar-refractivity contribution in [3.05, 3.63) is 34.3 Å². The van der Waals surface area contributed by atoms with Crippen LogP contribution in [0.2, 0.25) is 0 Å². The zero-order valence-electron chi connectivity index (χ0n) is 8.03. The molecule has 0 atom stereocenters. The standard InChI is InChI=1S/C11H13BrOS/c1-2-13-11-6-5-10(12)8-9(11)4-3-7-14/h3-6,8,14H,2,7H2,1H3. The first-order chi connectivity index (χ1) is 6.77. The third-order valence-electron chi connectivity index (χ3n) is 1.67. The van der Waals surface area contributed by atoms with Gasteiger partial charge in [0.15, 0.2) is 0 Å². The van der Waals surface area contributed by atoms with Crippen LogP contribution < -0.4 is 4.74 Å². The maximum Gasteiger partial charge on any atom is 0.126 e. The predicted molar refractivity (Wildman–Crippen MR) is 68.2 cm³/mol. The van der Waals surface area contributed by atoms with Gasteiger partial charge >= 0.3 is 0 Å². The zero-order valence-corrected chi connectivity index (χ0v) is 10.5. The van der Waals surface area contributed by atoms with Crippen LogP contribution in [-0.2, 0) is 0 Å². The second-order valence-electron chi connectivity index (χ2n) is 2.70. The molecule has 14 heavy (non-hydrogen) atoms. The summed E-state index contributed by atoms with van der Waals surface area (Å²) in [5.41, 5.74) is 1.08. The van der Waals surface area contributed by atoms with Crippen molar-refractivity contribution < 1.29 is 4.74 Å². The minimum absolute atomic E-state index is 0.684. The van der Waals surface area contributed by atoms with Crippen molar-refractivity contribution >= 4 is 34.6 Å². The summed E-state index contributed by atoms with van der Waals surface area (Å²) in [6.07, 6.45) is 4.01. The summed E-state index contributed by atoms with van der Waals surface area (Å²) in [4.78, 5) is 0. The smallest absolute Gasteiger partial charge is 0.126 e. The Morgan fingerprint density at radius 2 is 2.29 bits per heavy atom. The zero-order chi connectivity index (χ0) is 10.4. The summed E-state index contributed by atoms with van der Waals surface area (Å²) in [5.74, 6) is 1.65. The number of thiol groups is 1. The molecule has 0 aromatic heterocycles. The van der Waals surface area contributed by atoms with E-state index in [1.165, 1.54) is 0 Å². The van der Waals surface area contributed by atoms with Gasteiger partial charge < -0.3 is 4.74 Å². The van der Waals surface area contributed by atoms with Gasteiger partial charge in [-0.1, -0.05) is 28.1 Å². The molecule has 0 heterocycles. The van der Waals surface area contributed by atoms with Crippen LogP contribution in [0.15, 0.2) is 28.7 Å². The average Bonchev–Trinajstić information content (AvgIpc) is 2.18. The molecule has 1 nitrogen and oxygen atoms in total. The van der Waals surface area contributed by atoms with Crippen molar-refractivity contribution in [2.75, 3.05) is 12.4 Å². The molecule has 0 aliphatic rings. The highest BCUT2D eigenvalue weighted by Crippen LogP contribution is 2.24. The average molecular weight is 273 g/mol. The van der Waals surface area contributed by atoms with Gasteiger partial charge in [0, 0.05) is 15.8 Å². The molecule has 0 unspecified atom stereocenters. The topological polar surface area (TPSA) is 9.23 Å². The molecule has 3 heteroatoms. The fourth-order valence-electron chi connectivity index (χ4n) is 1.12. The summed E-state index contributed by atoms with van der Waals surface area (Å²) in [6, 6.07) is 5.97. The van der Waals surface area contributed by atoms with Crippen LogP contribution in [0.25, 0.3) is 6.08 Å². The van der Waals surface area contributed by atoms with E-state index >= 15 is 0 Å². The van der Waals surface area contributed by atoms with E-state index in [-0.39, 0.29) is 0 Å². The molecule has 76 valence electrons. The summed E-state index contributed by atoms with van der Waals surface area (Å²) < 4.78 is 6.55. The minimum Gasteiger partial charge on any atom is -0.493 e. The van der Waals surface area contributed by atoms with Gasteiger partial charge in [-0.15, -0.1) is 0 Å². The molecule has 0 aliphatic carbocycles. The van der Waals surface area contributed by atoms with Crippen LogP contribution >= 0.6 is 28.6 Å². The van der Waals surface area contributed by atoms with E-state index in [0.717, 1.165) is 21.5 Å². The van der Waals surface area contributed by atoms with Gasteiger partial charge in [0.25, 0.3) is 0 Å². The van der Waals surface area contributed by atoms with E-state index in [0.29, 0.717) is 6.61 Å². The van der Waals surface area contributed by atoms with Gasteiger partial charge in [-0.3, -0.25) is 0 Å².